The van der Waals surface area contributed by atoms with Gasteiger partial charge < -0.3 is 4.74 Å². The molecule has 3 aliphatic carbocycles. The van der Waals surface area contributed by atoms with Crippen molar-refractivity contribution in [2.45, 2.75) is 97.0 Å². The highest BCUT2D eigenvalue weighted by Crippen LogP contribution is 2.49. The van der Waals surface area contributed by atoms with Crippen molar-refractivity contribution in [3.63, 3.8) is 0 Å². The zero-order valence-corrected chi connectivity index (χ0v) is 14.6. The number of hydrogen-bond acceptors (Lipinski definition) is 2. The highest BCUT2D eigenvalue weighted by Gasteiger charge is 2.39. The van der Waals surface area contributed by atoms with E-state index in [1.54, 1.807) is 0 Å². The standard InChI is InChI=1S/C20H34O2/c1-15-6-7-18(16(2)14-15)22-19(21)17-8-12-20(13-9-17)10-4-3-5-11-20/h15-18H,3-14H2,1-2H3. The van der Waals surface area contributed by atoms with Crippen LogP contribution in [0.3, 0.4) is 0 Å². The van der Waals surface area contributed by atoms with Gasteiger partial charge in [0.15, 0.2) is 0 Å². The van der Waals surface area contributed by atoms with Crippen molar-refractivity contribution in [1.29, 1.82) is 0 Å². The molecule has 0 bridgehead atoms. The lowest BCUT2D eigenvalue weighted by molar-refractivity contribution is -0.161. The summed E-state index contributed by atoms with van der Waals surface area (Å²) in [6.45, 7) is 4.57. The number of carbonyl (C=O) groups is 1. The molecule has 0 saturated heterocycles. The SMILES string of the molecule is CC1CCC(OC(=O)C2CCC3(CCCCC3)CC2)C(C)C1. The van der Waals surface area contributed by atoms with Crippen molar-refractivity contribution in [2.75, 3.05) is 0 Å². The van der Waals surface area contributed by atoms with E-state index in [2.05, 4.69) is 13.8 Å². The van der Waals surface area contributed by atoms with E-state index in [9.17, 15) is 4.79 Å². The van der Waals surface area contributed by atoms with Crippen LogP contribution in [0.4, 0.5) is 0 Å². The molecule has 2 heteroatoms. The smallest absolute Gasteiger partial charge is 0.309 e. The average Bonchev–Trinajstić information content (AvgIpc) is 2.51. The van der Waals surface area contributed by atoms with Gasteiger partial charge in [-0.1, -0.05) is 33.1 Å². The third-order valence-corrected chi connectivity index (χ3v) is 6.91. The molecule has 0 aromatic heterocycles. The third-order valence-electron chi connectivity index (χ3n) is 6.91. The topological polar surface area (TPSA) is 26.3 Å². The average molecular weight is 306 g/mol. The van der Waals surface area contributed by atoms with Crippen LogP contribution in [-0.4, -0.2) is 12.1 Å². The van der Waals surface area contributed by atoms with Gasteiger partial charge in [0.05, 0.1) is 5.92 Å². The van der Waals surface area contributed by atoms with Crippen LogP contribution in [0, 0.1) is 23.2 Å². The second-order valence-corrected chi connectivity index (χ2v) is 8.71. The molecule has 0 amide bonds. The van der Waals surface area contributed by atoms with E-state index in [0.29, 0.717) is 11.3 Å². The summed E-state index contributed by atoms with van der Waals surface area (Å²) < 4.78 is 5.93. The first kappa shape index (κ1) is 16.3. The molecule has 1 spiro atoms. The zero-order valence-electron chi connectivity index (χ0n) is 14.6. The molecule has 2 nitrogen and oxygen atoms in total. The Morgan fingerprint density at radius 3 is 2.23 bits per heavy atom. The molecular weight excluding hydrogens is 272 g/mol. The van der Waals surface area contributed by atoms with Crippen molar-refractivity contribution >= 4 is 5.97 Å². The minimum atomic E-state index is 0.122. The van der Waals surface area contributed by atoms with Gasteiger partial charge >= 0.3 is 5.97 Å². The molecule has 3 atom stereocenters. The predicted octanol–water partition coefficient (Wildman–Crippen LogP) is 5.50. The summed E-state index contributed by atoms with van der Waals surface area (Å²) in [5.41, 5.74) is 0.600. The summed E-state index contributed by atoms with van der Waals surface area (Å²) in [6.07, 6.45) is 15.4. The van der Waals surface area contributed by atoms with Gasteiger partial charge in [0, 0.05) is 0 Å². The van der Waals surface area contributed by atoms with Crippen LogP contribution in [0.2, 0.25) is 0 Å². The Labute approximate surface area is 136 Å². The van der Waals surface area contributed by atoms with Gasteiger partial charge in [0.2, 0.25) is 0 Å². The molecule has 0 N–H and O–H groups in total. The first-order chi connectivity index (χ1) is 10.6. The lowest BCUT2D eigenvalue weighted by atomic mass is 9.63. The summed E-state index contributed by atoms with van der Waals surface area (Å²) in [6, 6.07) is 0. The molecule has 3 saturated carbocycles. The van der Waals surface area contributed by atoms with Gasteiger partial charge in [-0.05, 0) is 75.0 Å². The van der Waals surface area contributed by atoms with Crippen LogP contribution in [0.1, 0.15) is 90.9 Å². The maximum atomic E-state index is 12.5. The number of ether oxygens (including phenoxy) is 1. The van der Waals surface area contributed by atoms with Crippen molar-refractivity contribution < 1.29 is 9.53 Å². The van der Waals surface area contributed by atoms with E-state index >= 15 is 0 Å². The second kappa shape index (κ2) is 6.93. The molecule has 22 heavy (non-hydrogen) atoms. The van der Waals surface area contributed by atoms with Gasteiger partial charge in [-0.15, -0.1) is 0 Å². The Morgan fingerprint density at radius 1 is 0.909 bits per heavy atom. The lowest BCUT2D eigenvalue weighted by Gasteiger charge is -2.43. The Morgan fingerprint density at radius 2 is 1.59 bits per heavy atom. The van der Waals surface area contributed by atoms with Crippen LogP contribution in [0.5, 0.6) is 0 Å². The largest absolute Gasteiger partial charge is 0.462 e. The molecule has 3 aliphatic rings. The molecule has 0 aromatic rings. The Kier molecular flexibility index (Phi) is 5.14. The fraction of sp³-hybridized carbons (Fsp3) is 0.950. The van der Waals surface area contributed by atoms with E-state index < -0.39 is 0 Å². The summed E-state index contributed by atoms with van der Waals surface area (Å²) in [7, 11) is 0. The van der Waals surface area contributed by atoms with E-state index in [4.69, 9.17) is 4.74 Å². The minimum Gasteiger partial charge on any atom is -0.462 e. The maximum Gasteiger partial charge on any atom is 0.309 e. The summed E-state index contributed by atoms with van der Waals surface area (Å²) in [5, 5.41) is 0. The first-order valence-corrected chi connectivity index (χ1v) is 9.78. The van der Waals surface area contributed by atoms with Gasteiger partial charge in [-0.2, -0.15) is 0 Å². The van der Waals surface area contributed by atoms with Gasteiger partial charge in [-0.3, -0.25) is 4.79 Å². The molecule has 0 aliphatic heterocycles. The van der Waals surface area contributed by atoms with E-state index in [-0.39, 0.29) is 18.0 Å². The van der Waals surface area contributed by atoms with Crippen molar-refractivity contribution in [2.24, 2.45) is 23.2 Å². The summed E-state index contributed by atoms with van der Waals surface area (Å²) in [4.78, 5) is 12.5. The van der Waals surface area contributed by atoms with Gasteiger partial charge in [0.1, 0.15) is 6.10 Å². The van der Waals surface area contributed by atoms with Crippen LogP contribution >= 0.6 is 0 Å². The Hall–Kier alpha value is -0.530. The molecule has 0 heterocycles. The number of carbonyl (C=O) groups excluding carboxylic acids is 1. The zero-order chi connectivity index (χ0) is 15.6. The first-order valence-electron chi connectivity index (χ1n) is 9.78. The molecule has 0 aromatic carbocycles. The van der Waals surface area contributed by atoms with Crippen molar-refractivity contribution in [3.8, 4) is 0 Å². The van der Waals surface area contributed by atoms with Crippen LogP contribution in [0.25, 0.3) is 0 Å². The number of rotatable bonds is 2. The van der Waals surface area contributed by atoms with E-state index in [0.717, 1.165) is 25.2 Å². The number of esters is 1. The van der Waals surface area contributed by atoms with Crippen LogP contribution in [0.15, 0.2) is 0 Å². The minimum absolute atomic E-state index is 0.122. The summed E-state index contributed by atoms with van der Waals surface area (Å²) >= 11 is 0. The van der Waals surface area contributed by atoms with Crippen molar-refractivity contribution in [1.82, 2.24) is 0 Å². The predicted molar refractivity (Wildman–Crippen MR) is 89.5 cm³/mol. The maximum absolute atomic E-state index is 12.5. The molecule has 3 unspecified atom stereocenters. The van der Waals surface area contributed by atoms with Gasteiger partial charge in [-0.25, -0.2) is 0 Å². The molecule has 126 valence electrons. The molecular formula is C20H34O2. The second-order valence-electron chi connectivity index (χ2n) is 8.71. The highest BCUT2D eigenvalue weighted by atomic mass is 16.5. The fourth-order valence-corrected chi connectivity index (χ4v) is 5.33. The Bertz CT molecular complexity index is 373. The summed E-state index contributed by atoms with van der Waals surface area (Å²) in [5.74, 6) is 1.66. The van der Waals surface area contributed by atoms with E-state index in [1.165, 1.54) is 57.8 Å². The third kappa shape index (κ3) is 3.68. The molecule has 0 radical (unpaired) electrons. The van der Waals surface area contributed by atoms with Crippen molar-refractivity contribution in [3.05, 3.63) is 0 Å². The molecule has 3 rings (SSSR count). The van der Waals surface area contributed by atoms with Crippen LogP contribution in [-0.2, 0) is 9.53 Å². The van der Waals surface area contributed by atoms with Crippen LogP contribution < -0.4 is 0 Å². The normalized spacial score (nSPS) is 36.2. The molecule has 3 fully saturated rings. The fourth-order valence-electron chi connectivity index (χ4n) is 5.33. The monoisotopic (exact) mass is 306 g/mol. The number of hydrogen-bond donors (Lipinski definition) is 0. The lowest BCUT2D eigenvalue weighted by Crippen LogP contribution is -2.36. The van der Waals surface area contributed by atoms with E-state index in [1.807, 2.05) is 0 Å². The Balaban J connectivity index is 1.47. The highest BCUT2D eigenvalue weighted by molar-refractivity contribution is 5.72. The van der Waals surface area contributed by atoms with Gasteiger partial charge in [0.25, 0.3) is 0 Å². The quantitative estimate of drug-likeness (QED) is 0.630.